The van der Waals surface area contributed by atoms with Crippen LogP contribution in [-0.4, -0.2) is 38.7 Å². The topological polar surface area (TPSA) is 73.9 Å². The number of carbonyl (C=O) groups excluding carboxylic acids is 2. The Morgan fingerprint density at radius 3 is 2.26 bits per heavy atom. The Morgan fingerprint density at radius 1 is 1.04 bits per heavy atom. The minimum absolute atomic E-state index is 0.256. The first kappa shape index (κ1) is 20.2. The second-order valence-electron chi connectivity index (χ2n) is 5.78. The Hall–Kier alpha value is -3.09. The Balaban J connectivity index is 1.83. The predicted octanol–water partition coefficient (Wildman–Crippen LogP) is 2.75. The molecule has 0 bridgehead atoms. The van der Waals surface area contributed by atoms with Gasteiger partial charge in [0.05, 0.1) is 19.8 Å². The van der Waals surface area contributed by atoms with Crippen LogP contribution in [0.4, 0.5) is 4.39 Å². The second-order valence-corrected chi connectivity index (χ2v) is 5.78. The molecule has 1 amide bonds. The van der Waals surface area contributed by atoms with E-state index in [4.69, 9.17) is 14.2 Å². The molecule has 0 radical (unpaired) electrons. The molecule has 7 heteroatoms. The average molecular weight is 375 g/mol. The third-order valence-electron chi connectivity index (χ3n) is 3.92. The van der Waals surface area contributed by atoms with E-state index in [9.17, 15) is 14.0 Å². The maximum atomic E-state index is 13.9. The highest BCUT2D eigenvalue weighted by molar-refractivity contribution is 5.92. The fourth-order valence-electron chi connectivity index (χ4n) is 2.33. The molecule has 0 spiro atoms. The number of nitrogens with one attached hydrogen (secondary N) is 1. The summed E-state index contributed by atoms with van der Waals surface area (Å²) in [6, 6.07) is 11.3. The molecule has 0 fully saturated rings. The smallest absolute Gasteiger partial charge is 0.341 e. The lowest BCUT2D eigenvalue weighted by molar-refractivity contribution is -0.129. The summed E-state index contributed by atoms with van der Waals surface area (Å²) in [5.74, 6) is -1.09. The zero-order valence-corrected chi connectivity index (χ0v) is 15.5. The van der Waals surface area contributed by atoms with Gasteiger partial charge in [0.25, 0.3) is 5.91 Å². The van der Waals surface area contributed by atoms with E-state index in [-0.39, 0.29) is 11.3 Å². The highest BCUT2D eigenvalue weighted by Crippen LogP contribution is 2.17. The van der Waals surface area contributed by atoms with Crippen LogP contribution in [0.25, 0.3) is 0 Å². The van der Waals surface area contributed by atoms with Crippen LogP contribution in [0.3, 0.4) is 0 Å². The SMILES string of the molecule is COc1ccc(CCNC(=O)[C@H](C)OC(=O)c2ccc(OC)cc2F)cc1. The summed E-state index contributed by atoms with van der Waals surface area (Å²) < 4.78 is 28.9. The number of benzene rings is 2. The van der Waals surface area contributed by atoms with Gasteiger partial charge >= 0.3 is 5.97 Å². The molecule has 27 heavy (non-hydrogen) atoms. The number of hydrogen-bond donors (Lipinski definition) is 1. The fraction of sp³-hybridized carbons (Fsp3) is 0.300. The van der Waals surface area contributed by atoms with Crippen molar-refractivity contribution in [3.05, 3.63) is 59.4 Å². The van der Waals surface area contributed by atoms with Gasteiger partial charge in [0.1, 0.15) is 17.3 Å². The molecule has 0 aliphatic carbocycles. The molecule has 144 valence electrons. The van der Waals surface area contributed by atoms with Crippen molar-refractivity contribution in [3.63, 3.8) is 0 Å². The van der Waals surface area contributed by atoms with E-state index in [1.165, 1.54) is 26.2 Å². The van der Waals surface area contributed by atoms with E-state index in [0.717, 1.165) is 17.4 Å². The predicted molar refractivity (Wildman–Crippen MR) is 97.5 cm³/mol. The first-order valence-electron chi connectivity index (χ1n) is 8.39. The van der Waals surface area contributed by atoms with Crippen molar-refractivity contribution in [2.45, 2.75) is 19.4 Å². The number of ether oxygens (including phenoxy) is 3. The lowest BCUT2D eigenvalue weighted by Gasteiger charge is -2.14. The highest BCUT2D eigenvalue weighted by Gasteiger charge is 2.21. The molecule has 0 aromatic heterocycles. The van der Waals surface area contributed by atoms with Gasteiger partial charge in [-0.2, -0.15) is 0 Å². The van der Waals surface area contributed by atoms with Gasteiger partial charge in [0, 0.05) is 12.6 Å². The normalized spacial score (nSPS) is 11.4. The molecule has 0 unspecified atom stereocenters. The number of rotatable bonds is 8. The van der Waals surface area contributed by atoms with E-state index < -0.39 is 23.8 Å². The maximum absolute atomic E-state index is 13.9. The monoisotopic (exact) mass is 375 g/mol. The molecule has 0 aliphatic rings. The van der Waals surface area contributed by atoms with E-state index in [1.54, 1.807) is 7.11 Å². The van der Waals surface area contributed by atoms with Crippen molar-refractivity contribution < 1.29 is 28.2 Å². The maximum Gasteiger partial charge on any atom is 0.341 e. The first-order chi connectivity index (χ1) is 12.9. The molecular weight excluding hydrogens is 353 g/mol. The van der Waals surface area contributed by atoms with Gasteiger partial charge < -0.3 is 19.5 Å². The van der Waals surface area contributed by atoms with Gasteiger partial charge in [-0.15, -0.1) is 0 Å². The van der Waals surface area contributed by atoms with Gasteiger partial charge in [-0.1, -0.05) is 12.1 Å². The van der Waals surface area contributed by atoms with E-state index in [1.807, 2.05) is 24.3 Å². The average Bonchev–Trinajstić information content (AvgIpc) is 2.68. The zero-order valence-electron chi connectivity index (χ0n) is 15.5. The molecule has 2 rings (SSSR count). The zero-order chi connectivity index (χ0) is 19.8. The molecule has 1 atom stereocenters. The standard InChI is InChI=1S/C20H22FNO5/c1-13(27-20(24)17-9-8-16(26-3)12-18(17)21)19(23)22-11-10-14-4-6-15(25-2)7-5-14/h4-9,12-13H,10-11H2,1-3H3,(H,22,23)/t13-/m0/s1. The molecule has 2 aromatic carbocycles. The number of amides is 1. The van der Waals surface area contributed by atoms with Gasteiger partial charge in [-0.05, 0) is 43.2 Å². The number of hydrogen-bond acceptors (Lipinski definition) is 5. The van der Waals surface area contributed by atoms with E-state index >= 15 is 0 Å². The van der Waals surface area contributed by atoms with Gasteiger partial charge in [0.15, 0.2) is 6.10 Å². The molecule has 0 saturated heterocycles. The van der Waals surface area contributed by atoms with Gasteiger partial charge in [-0.25, -0.2) is 9.18 Å². The minimum atomic E-state index is -1.05. The van der Waals surface area contributed by atoms with E-state index in [0.29, 0.717) is 13.0 Å². The number of methoxy groups -OCH3 is 2. The van der Waals surface area contributed by atoms with Crippen LogP contribution >= 0.6 is 0 Å². The van der Waals surface area contributed by atoms with Gasteiger partial charge in [-0.3, -0.25) is 4.79 Å². The summed E-state index contributed by atoms with van der Waals surface area (Å²) in [4.78, 5) is 24.1. The van der Waals surface area contributed by atoms with E-state index in [2.05, 4.69) is 5.32 Å². The van der Waals surface area contributed by atoms with Crippen molar-refractivity contribution in [2.75, 3.05) is 20.8 Å². The summed E-state index contributed by atoms with van der Waals surface area (Å²) in [5, 5.41) is 2.69. The van der Waals surface area contributed by atoms with Crippen LogP contribution in [0.5, 0.6) is 11.5 Å². The summed E-state index contributed by atoms with van der Waals surface area (Å²) in [6.45, 7) is 1.81. The van der Waals surface area contributed by atoms with Crippen LogP contribution in [0.15, 0.2) is 42.5 Å². The van der Waals surface area contributed by atoms with Crippen molar-refractivity contribution in [2.24, 2.45) is 0 Å². The lowest BCUT2D eigenvalue weighted by atomic mass is 10.1. The summed E-state index contributed by atoms with van der Waals surface area (Å²) >= 11 is 0. The molecule has 1 N–H and O–H groups in total. The molecule has 6 nitrogen and oxygen atoms in total. The first-order valence-corrected chi connectivity index (χ1v) is 8.39. The second kappa shape index (κ2) is 9.56. The Bertz CT molecular complexity index is 791. The number of carbonyl (C=O) groups is 2. The highest BCUT2D eigenvalue weighted by atomic mass is 19.1. The minimum Gasteiger partial charge on any atom is -0.497 e. The number of esters is 1. The van der Waals surface area contributed by atoms with Crippen molar-refractivity contribution >= 4 is 11.9 Å². The third kappa shape index (κ3) is 5.70. The van der Waals surface area contributed by atoms with Crippen LogP contribution in [0.1, 0.15) is 22.8 Å². The van der Waals surface area contributed by atoms with Crippen molar-refractivity contribution in [3.8, 4) is 11.5 Å². The summed E-state index contributed by atoms with van der Waals surface area (Å²) in [6.07, 6.45) is -0.432. The molecule has 0 aliphatic heterocycles. The fourth-order valence-corrected chi connectivity index (χ4v) is 2.33. The Morgan fingerprint density at radius 2 is 1.67 bits per heavy atom. The lowest BCUT2D eigenvalue weighted by Crippen LogP contribution is -2.37. The third-order valence-corrected chi connectivity index (χ3v) is 3.92. The van der Waals surface area contributed by atoms with Crippen LogP contribution in [0.2, 0.25) is 0 Å². The van der Waals surface area contributed by atoms with Crippen molar-refractivity contribution in [1.82, 2.24) is 5.32 Å². The van der Waals surface area contributed by atoms with Crippen LogP contribution in [0, 0.1) is 5.82 Å². The number of halogens is 1. The van der Waals surface area contributed by atoms with Gasteiger partial charge in [0.2, 0.25) is 0 Å². The largest absolute Gasteiger partial charge is 0.497 e. The van der Waals surface area contributed by atoms with Crippen molar-refractivity contribution in [1.29, 1.82) is 0 Å². The summed E-state index contributed by atoms with van der Waals surface area (Å²) in [7, 11) is 2.99. The quantitative estimate of drug-likeness (QED) is 0.718. The molecule has 2 aromatic rings. The van der Waals surface area contributed by atoms with Crippen LogP contribution < -0.4 is 14.8 Å². The Labute approximate surface area is 157 Å². The molecule has 0 saturated carbocycles. The summed E-state index contributed by atoms with van der Waals surface area (Å²) in [5.41, 5.74) is 0.773. The molecule has 0 heterocycles. The molecular formula is C20H22FNO5. The Kier molecular flexibility index (Phi) is 7.16. The van der Waals surface area contributed by atoms with Crippen LogP contribution in [-0.2, 0) is 16.0 Å².